The van der Waals surface area contributed by atoms with Crippen LogP contribution in [-0.4, -0.2) is 68.9 Å². The number of halogens is 2. The van der Waals surface area contributed by atoms with Crippen molar-refractivity contribution in [3.8, 4) is 5.82 Å². The van der Waals surface area contributed by atoms with Crippen molar-refractivity contribution in [2.24, 2.45) is 0 Å². The Morgan fingerprint density at radius 2 is 1.87 bits per heavy atom. The Bertz CT molecular complexity index is 1570. The second kappa shape index (κ2) is 10.2. The molecule has 39 heavy (non-hydrogen) atoms. The molecule has 0 saturated carbocycles. The average molecular weight is 533 g/mol. The Labute approximate surface area is 224 Å². The minimum Gasteiger partial charge on any atom is -0.369 e. The SMILES string of the molecule is C=CCn1c(=O)c2cnc(Nc3ccc(N4CCN(C)CC4)cc3)nc2n1-c1ccc2c(n1)C(C(F)F)CC2. The van der Waals surface area contributed by atoms with Crippen LogP contribution in [0.4, 0.5) is 26.1 Å². The summed E-state index contributed by atoms with van der Waals surface area (Å²) in [6.45, 7) is 7.99. The highest BCUT2D eigenvalue weighted by Crippen LogP contribution is 2.36. The van der Waals surface area contributed by atoms with Gasteiger partial charge >= 0.3 is 0 Å². The second-order valence-corrected chi connectivity index (χ2v) is 10.1. The first-order chi connectivity index (χ1) is 18.9. The third-order valence-corrected chi connectivity index (χ3v) is 7.56. The van der Waals surface area contributed by atoms with Gasteiger partial charge in [0.25, 0.3) is 5.56 Å². The van der Waals surface area contributed by atoms with E-state index < -0.39 is 12.3 Å². The fraction of sp³-hybridized carbons (Fsp3) is 0.357. The van der Waals surface area contributed by atoms with E-state index in [1.165, 1.54) is 10.9 Å². The third-order valence-electron chi connectivity index (χ3n) is 7.56. The highest BCUT2D eigenvalue weighted by atomic mass is 19.3. The van der Waals surface area contributed by atoms with Crippen molar-refractivity contribution >= 4 is 28.4 Å². The Morgan fingerprint density at radius 1 is 1.10 bits per heavy atom. The lowest BCUT2D eigenvalue weighted by molar-refractivity contribution is 0.113. The van der Waals surface area contributed by atoms with Crippen LogP contribution in [0.25, 0.3) is 16.9 Å². The van der Waals surface area contributed by atoms with Crippen molar-refractivity contribution in [1.29, 1.82) is 0 Å². The molecular formula is C28H30F2N8O. The summed E-state index contributed by atoms with van der Waals surface area (Å²) >= 11 is 0. The van der Waals surface area contributed by atoms with Crippen molar-refractivity contribution in [3.63, 3.8) is 0 Å². The lowest BCUT2D eigenvalue weighted by Gasteiger charge is -2.34. The molecule has 0 bridgehead atoms. The molecule has 4 heterocycles. The van der Waals surface area contributed by atoms with Crippen molar-refractivity contribution in [2.75, 3.05) is 43.4 Å². The number of anilines is 3. The minimum absolute atomic E-state index is 0.197. The van der Waals surface area contributed by atoms with Crippen LogP contribution in [0.15, 0.2) is 60.0 Å². The highest BCUT2D eigenvalue weighted by molar-refractivity contribution is 5.77. The smallest absolute Gasteiger partial charge is 0.278 e. The van der Waals surface area contributed by atoms with Gasteiger partial charge in [0.1, 0.15) is 5.39 Å². The van der Waals surface area contributed by atoms with Crippen LogP contribution in [0, 0.1) is 0 Å². The van der Waals surface area contributed by atoms with Crippen molar-refractivity contribution in [2.45, 2.75) is 31.7 Å². The Kier molecular flexibility index (Phi) is 6.59. The number of nitrogens with one attached hydrogen (secondary N) is 1. The summed E-state index contributed by atoms with van der Waals surface area (Å²) in [6, 6.07) is 11.6. The summed E-state index contributed by atoms with van der Waals surface area (Å²) in [7, 11) is 2.13. The van der Waals surface area contributed by atoms with Gasteiger partial charge in [-0.1, -0.05) is 12.1 Å². The van der Waals surface area contributed by atoms with E-state index in [9.17, 15) is 13.6 Å². The van der Waals surface area contributed by atoms with Gasteiger partial charge < -0.3 is 15.1 Å². The van der Waals surface area contributed by atoms with Gasteiger partial charge in [-0.2, -0.15) is 4.98 Å². The summed E-state index contributed by atoms with van der Waals surface area (Å²) in [5.74, 6) is -0.246. The number of piperazine rings is 1. The number of rotatable bonds is 7. The molecule has 0 spiro atoms. The van der Waals surface area contributed by atoms with Crippen molar-refractivity contribution in [3.05, 3.63) is 76.9 Å². The van der Waals surface area contributed by atoms with Gasteiger partial charge in [0.05, 0.1) is 18.2 Å². The largest absolute Gasteiger partial charge is 0.369 e. The predicted molar refractivity (Wildman–Crippen MR) is 148 cm³/mol. The molecule has 1 aliphatic carbocycles. The quantitative estimate of drug-likeness (QED) is 0.361. The molecule has 11 heteroatoms. The Balaban J connectivity index is 1.35. The van der Waals surface area contributed by atoms with Gasteiger partial charge in [-0.15, -0.1) is 6.58 Å². The number of hydrogen-bond acceptors (Lipinski definition) is 7. The molecule has 2 aliphatic rings. The van der Waals surface area contributed by atoms with Crippen LogP contribution < -0.4 is 15.8 Å². The second-order valence-electron chi connectivity index (χ2n) is 10.1. The normalized spacial score (nSPS) is 17.6. The Hall–Kier alpha value is -4.12. The fourth-order valence-corrected chi connectivity index (χ4v) is 5.39. The molecule has 4 aromatic rings. The molecule has 1 atom stereocenters. The summed E-state index contributed by atoms with van der Waals surface area (Å²) < 4.78 is 30.4. The minimum atomic E-state index is -2.49. The van der Waals surface area contributed by atoms with E-state index in [0.717, 1.165) is 43.1 Å². The third kappa shape index (κ3) is 4.67. The number of fused-ring (bicyclic) bond motifs is 2. The van der Waals surface area contributed by atoms with Crippen LogP contribution in [-0.2, 0) is 13.0 Å². The summed E-state index contributed by atoms with van der Waals surface area (Å²) in [6.07, 6.45) is 1.51. The van der Waals surface area contributed by atoms with Gasteiger partial charge in [-0.25, -0.2) is 28.1 Å². The topological polar surface area (TPSA) is 84.1 Å². The number of allylic oxidation sites excluding steroid dienone is 1. The number of pyridine rings is 1. The predicted octanol–water partition coefficient (Wildman–Crippen LogP) is 3.95. The van der Waals surface area contributed by atoms with E-state index in [4.69, 9.17) is 0 Å². The molecule has 1 saturated heterocycles. The molecule has 1 fully saturated rings. The average Bonchev–Trinajstić information content (AvgIpc) is 3.48. The number of likely N-dealkylation sites (N-methyl/N-ethyl adjacent to an activating group) is 1. The molecule has 1 N–H and O–H groups in total. The standard InChI is InChI=1S/C28H30F2N8O/c1-3-12-37-27(39)22-17-31-28(32-19-6-8-20(9-7-19)36-15-13-35(2)14-16-36)34-26(22)38(37)23-11-5-18-4-10-21(25(29)30)24(18)33-23/h3,5-9,11,17,21,25H,1,4,10,12-16H2,2H3,(H,31,32,34). The number of hydrogen-bond donors (Lipinski definition) is 1. The zero-order valence-electron chi connectivity index (χ0n) is 21.7. The summed E-state index contributed by atoms with van der Waals surface area (Å²) in [5, 5.41) is 3.53. The Morgan fingerprint density at radius 3 is 2.59 bits per heavy atom. The van der Waals surface area contributed by atoms with Crippen LogP contribution in [0.5, 0.6) is 0 Å². The number of aryl methyl sites for hydroxylation is 1. The van der Waals surface area contributed by atoms with Gasteiger partial charge in [0, 0.05) is 43.8 Å². The molecule has 0 amide bonds. The van der Waals surface area contributed by atoms with E-state index >= 15 is 0 Å². The fourth-order valence-electron chi connectivity index (χ4n) is 5.39. The van der Waals surface area contributed by atoms with E-state index in [-0.39, 0.29) is 12.1 Å². The van der Waals surface area contributed by atoms with Crippen molar-refractivity contribution in [1.82, 2.24) is 29.2 Å². The lowest BCUT2D eigenvalue weighted by Crippen LogP contribution is -2.44. The molecule has 6 rings (SSSR count). The van der Waals surface area contributed by atoms with Crippen LogP contribution in [0.2, 0.25) is 0 Å². The van der Waals surface area contributed by atoms with Crippen molar-refractivity contribution < 1.29 is 8.78 Å². The van der Waals surface area contributed by atoms with E-state index in [0.29, 0.717) is 41.3 Å². The maximum Gasteiger partial charge on any atom is 0.278 e. The number of nitrogens with zero attached hydrogens (tertiary/aromatic N) is 7. The summed E-state index contributed by atoms with van der Waals surface area (Å²) in [5.41, 5.74) is 3.20. The zero-order valence-corrected chi connectivity index (χ0v) is 21.7. The maximum atomic E-state index is 13.7. The van der Waals surface area contributed by atoms with Crippen LogP contribution in [0.3, 0.4) is 0 Å². The molecule has 202 valence electrons. The number of aromatic nitrogens is 5. The van der Waals surface area contributed by atoms with Gasteiger partial charge in [-0.05, 0) is 55.8 Å². The molecule has 3 aromatic heterocycles. The van der Waals surface area contributed by atoms with Crippen LogP contribution >= 0.6 is 0 Å². The monoisotopic (exact) mass is 532 g/mol. The molecule has 9 nitrogen and oxygen atoms in total. The van der Waals surface area contributed by atoms with Gasteiger partial charge in [-0.3, -0.25) is 4.79 Å². The van der Waals surface area contributed by atoms with Gasteiger partial charge in [0.2, 0.25) is 12.4 Å². The molecule has 1 aromatic carbocycles. The van der Waals surface area contributed by atoms with E-state index in [2.05, 4.69) is 55.8 Å². The lowest BCUT2D eigenvalue weighted by atomic mass is 10.1. The van der Waals surface area contributed by atoms with Gasteiger partial charge in [0.15, 0.2) is 11.5 Å². The zero-order chi connectivity index (χ0) is 27.1. The van der Waals surface area contributed by atoms with E-state index in [1.807, 2.05) is 18.2 Å². The maximum absolute atomic E-state index is 13.7. The van der Waals surface area contributed by atoms with Crippen LogP contribution in [0.1, 0.15) is 23.6 Å². The van der Waals surface area contributed by atoms with E-state index in [1.54, 1.807) is 16.8 Å². The first kappa shape index (κ1) is 25.2. The molecular weight excluding hydrogens is 502 g/mol. The number of alkyl halides is 2. The summed E-state index contributed by atoms with van der Waals surface area (Å²) in [4.78, 5) is 31.5. The highest BCUT2D eigenvalue weighted by Gasteiger charge is 2.32. The first-order valence-electron chi connectivity index (χ1n) is 13.1. The first-order valence-corrected chi connectivity index (χ1v) is 13.1. The molecule has 1 unspecified atom stereocenters. The molecule has 0 radical (unpaired) electrons. The number of benzene rings is 1. The molecule has 1 aliphatic heterocycles.